The van der Waals surface area contributed by atoms with Crippen molar-refractivity contribution in [3.8, 4) is 28.5 Å². The number of ether oxygens (including phenoxy) is 1. The molecule has 0 amide bonds. The molecule has 118 valence electrons. The van der Waals surface area contributed by atoms with Gasteiger partial charge in [-0.05, 0) is 48.6 Å². The zero-order valence-corrected chi connectivity index (χ0v) is 13.6. The van der Waals surface area contributed by atoms with E-state index in [0.717, 1.165) is 33.5 Å². The van der Waals surface area contributed by atoms with Crippen LogP contribution in [0.2, 0.25) is 0 Å². The van der Waals surface area contributed by atoms with Crippen molar-refractivity contribution in [1.82, 2.24) is 15.2 Å². The second kappa shape index (κ2) is 5.90. The Morgan fingerprint density at radius 2 is 1.88 bits per heavy atom. The van der Waals surface area contributed by atoms with E-state index in [1.165, 1.54) is 0 Å². The van der Waals surface area contributed by atoms with Crippen molar-refractivity contribution in [2.75, 3.05) is 7.11 Å². The maximum Gasteiger partial charge on any atom is 0.284 e. The first-order valence-corrected chi connectivity index (χ1v) is 7.75. The van der Waals surface area contributed by atoms with E-state index in [2.05, 4.69) is 10.2 Å². The highest BCUT2D eigenvalue weighted by Gasteiger charge is 2.13. The van der Waals surface area contributed by atoms with Crippen LogP contribution in [0.3, 0.4) is 0 Å². The summed E-state index contributed by atoms with van der Waals surface area (Å²) in [6, 6.07) is 17.6. The van der Waals surface area contributed by atoms with Crippen LogP contribution in [0.4, 0.5) is 0 Å². The third-order valence-corrected chi connectivity index (χ3v) is 3.95. The van der Waals surface area contributed by atoms with E-state index < -0.39 is 0 Å². The van der Waals surface area contributed by atoms with Crippen molar-refractivity contribution >= 4 is 23.1 Å². The first kappa shape index (κ1) is 14.6. The summed E-state index contributed by atoms with van der Waals surface area (Å²) in [6.07, 6.45) is 0. The summed E-state index contributed by atoms with van der Waals surface area (Å²) in [4.78, 5) is 4.99. The van der Waals surface area contributed by atoms with Crippen LogP contribution in [-0.4, -0.2) is 22.3 Å². The molecule has 5 nitrogen and oxygen atoms in total. The quantitative estimate of drug-likeness (QED) is 0.553. The minimum Gasteiger partial charge on any atom is -0.497 e. The molecule has 2 aromatic carbocycles. The third kappa shape index (κ3) is 2.57. The molecular formula is C18H13N3O2S. The summed E-state index contributed by atoms with van der Waals surface area (Å²) in [5.74, 6) is 1.26. The van der Waals surface area contributed by atoms with Gasteiger partial charge >= 0.3 is 0 Å². The minimum absolute atomic E-state index is 0.247. The molecule has 1 N–H and O–H groups in total. The lowest BCUT2D eigenvalue weighted by molar-refractivity contribution is 0.415. The molecule has 6 heteroatoms. The number of hydrogen-bond donors (Lipinski definition) is 1. The first-order valence-electron chi connectivity index (χ1n) is 7.35. The van der Waals surface area contributed by atoms with Crippen molar-refractivity contribution in [3.63, 3.8) is 0 Å². The highest BCUT2D eigenvalue weighted by atomic mass is 32.1. The lowest BCUT2D eigenvalue weighted by Crippen LogP contribution is -1.90. The highest BCUT2D eigenvalue weighted by Crippen LogP contribution is 2.31. The highest BCUT2D eigenvalue weighted by molar-refractivity contribution is 7.71. The Morgan fingerprint density at radius 1 is 1.08 bits per heavy atom. The fraction of sp³-hybridized carbons (Fsp3) is 0.0556. The fourth-order valence-corrected chi connectivity index (χ4v) is 2.73. The first-order chi connectivity index (χ1) is 11.7. The Kier molecular flexibility index (Phi) is 3.59. The van der Waals surface area contributed by atoms with Crippen LogP contribution in [0.25, 0.3) is 33.6 Å². The van der Waals surface area contributed by atoms with Crippen LogP contribution in [0.15, 0.2) is 59.0 Å². The standard InChI is InChI=1S/C18H13N3O2S/c1-22-12-8-6-11(7-9-12)16-10-14(17-20-21-18(24)23-17)13-4-2-3-5-15(13)19-16/h2-10H,1H3,(H,21,24). The maximum absolute atomic E-state index is 5.51. The summed E-state index contributed by atoms with van der Waals surface area (Å²) in [7, 11) is 1.65. The van der Waals surface area contributed by atoms with Crippen LogP contribution in [0, 0.1) is 4.84 Å². The van der Waals surface area contributed by atoms with Gasteiger partial charge in [-0.25, -0.2) is 10.1 Å². The number of pyridine rings is 1. The largest absolute Gasteiger partial charge is 0.497 e. The zero-order valence-electron chi connectivity index (χ0n) is 12.8. The third-order valence-electron chi connectivity index (χ3n) is 3.77. The van der Waals surface area contributed by atoms with Crippen LogP contribution in [0.1, 0.15) is 0 Å². The predicted molar refractivity (Wildman–Crippen MR) is 94.4 cm³/mol. The molecule has 0 spiro atoms. The number of rotatable bonds is 3. The lowest BCUT2D eigenvalue weighted by Gasteiger charge is -2.08. The van der Waals surface area contributed by atoms with E-state index in [-0.39, 0.29) is 4.84 Å². The number of aromatic nitrogens is 3. The number of aromatic amines is 1. The van der Waals surface area contributed by atoms with Gasteiger partial charge in [0.1, 0.15) is 5.75 Å². The molecule has 0 aliphatic rings. The van der Waals surface area contributed by atoms with Gasteiger partial charge in [0.15, 0.2) is 0 Å². The van der Waals surface area contributed by atoms with E-state index >= 15 is 0 Å². The number of nitrogens with one attached hydrogen (secondary N) is 1. The summed E-state index contributed by atoms with van der Waals surface area (Å²) < 4.78 is 10.7. The molecule has 0 atom stereocenters. The van der Waals surface area contributed by atoms with Gasteiger partial charge in [-0.2, -0.15) is 0 Å². The van der Waals surface area contributed by atoms with Crippen molar-refractivity contribution < 1.29 is 9.15 Å². The smallest absolute Gasteiger partial charge is 0.284 e. The van der Waals surface area contributed by atoms with E-state index in [1.54, 1.807) is 7.11 Å². The number of para-hydroxylation sites is 1. The summed E-state index contributed by atoms with van der Waals surface area (Å²) >= 11 is 5.00. The fourth-order valence-electron chi connectivity index (χ4n) is 2.61. The minimum atomic E-state index is 0.247. The van der Waals surface area contributed by atoms with Crippen molar-refractivity contribution in [3.05, 3.63) is 59.4 Å². The molecule has 0 saturated heterocycles. The molecule has 4 aromatic rings. The number of methoxy groups -OCH3 is 1. The summed E-state index contributed by atoms with van der Waals surface area (Å²) in [5.41, 5.74) is 3.52. The Balaban J connectivity index is 1.95. The Morgan fingerprint density at radius 3 is 2.58 bits per heavy atom. The van der Waals surface area contributed by atoms with Gasteiger partial charge in [0, 0.05) is 10.9 Å². The summed E-state index contributed by atoms with van der Waals surface area (Å²) in [6.45, 7) is 0. The van der Waals surface area contributed by atoms with Crippen molar-refractivity contribution in [2.45, 2.75) is 0 Å². The topological polar surface area (TPSA) is 63.9 Å². The average molecular weight is 335 g/mol. The molecule has 2 heterocycles. The monoisotopic (exact) mass is 335 g/mol. The van der Waals surface area contributed by atoms with Gasteiger partial charge in [-0.3, -0.25) is 0 Å². The second-order valence-corrected chi connectivity index (χ2v) is 5.59. The van der Waals surface area contributed by atoms with E-state index in [9.17, 15) is 0 Å². The zero-order chi connectivity index (χ0) is 16.5. The molecule has 2 aromatic heterocycles. The van der Waals surface area contributed by atoms with Crippen LogP contribution in [0.5, 0.6) is 5.75 Å². The second-order valence-electron chi connectivity index (χ2n) is 5.22. The van der Waals surface area contributed by atoms with Crippen LogP contribution in [-0.2, 0) is 0 Å². The van der Waals surface area contributed by atoms with Gasteiger partial charge in [0.05, 0.1) is 23.9 Å². The van der Waals surface area contributed by atoms with Gasteiger partial charge in [-0.15, -0.1) is 5.10 Å². The normalized spacial score (nSPS) is 10.9. The lowest BCUT2D eigenvalue weighted by atomic mass is 10.0. The van der Waals surface area contributed by atoms with Crippen molar-refractivity contribution in [2.24, 2.45) is 0 Å². The predicted octanol–water partition coefficient (Wildman–Crippen LogP) is 4.62. The Hall–Kier alpha value is -2.99. The van der Waals surface area contributed by atoms with Gasteiger partial charge in [0.25, 0.3) is 4.84 Å². The van der Waals surface area contributed by atoms with E-state index in [0.29, 0.717) is 5.89 Å². The molecule has 4 rings (SSSR count). The number of nitrogens with zero attached hydrogens (tertiary/aromatic N) is 2. The molecule has 0 aliphatic carbocycles. The van der Waals surface area contributed by atoms with Crippen LogP contribution >= 0.6 is 12.2 Å². The van der Waals surface area contributed by atoms with Gasteiger partial charge in [-0.1, -0.05) is 18.2 Å². The molecule has 0 fully saturated rings. The van der Waals surface area contributed by atoms with Gasteiger partial charge < -0.3 is 9.15 Å². The van der Waals surface area contributed by atoms with E-state index in [1.807, 2.05) is 54.6 Å². The number of H-pyrrole nitrogens is 1. The van der Waals surface area contributed by atoms with Crippen LogP contribution < -0.4 is 4.74 Å². The molecular weight excluding hydrogens is 322 g/mol. The molecule has 0 unspecified atom stereocenters. The average Bonchev–Trinajstić information content (AvgIpc) is 3.07. The maximum atomic E-state index is 5.51. The molecule has 24 heavy (non-hydrogen) atoms. The van der Waals surface area contributed by atoms with Crippen molar-refractivity contribution in [1.29, 1.82) is 0 Å². The number of fused-ring (bicyclic) bond motifs is 1. The molecule has 0 saturated carbocycles. The number of hydrogen-bond acceptors (Lipinski definition) is 5. The molecule has 0 radical (unpaired) electrons. The molecule has 0 bridgehead atoms. The SMILES string of the molecule is COc1ccc(-c2cc(-c3n[nH]c(=S)o3)c3ccccc3n2)cc1. The Bertz CT molecular complexity index is 1070. The summed E-state index contributed by atoms with van der Waals surface area (Å²) in [5, 5.41) is 7.78. The number of benzene rings is 2. The molecule has 0 aliphatic heterocycles. The van der Waals surface area contributed by atoms with Gasteiger partial charge in [0.2, 0.25) is 5.89 Å². The van der Waals surface area contributed by atoms with E-state index in [4.69, 9.17) is 26.4 Å². The Labute approximate surface area is 142 Å².